The van der Waals surface area contributed by atoms with Crippen LogP contribution in [0.2, 0.25) is 0 Å². The van der Waals surface area contributed by atoms with Crippen LogP contribution < -0.4 is 14.8 Å². The lowest BCUT2D eigenvalue weighted by Crippen LogP contribution is -2.12. The van der Waals surface area contributed by atoms with E-state index in [1.54, 1.807) is 7.11 Å². The lowest BCUT2D eigenvalue weighted by atomic mass is 10.2. The Labute approximate surface area is 155 Å². The number of ether oxygens (including phenoxy) is 2. The van der Waals surface area contributed by atoms with Gasteiger partial charge >= 0.3 is 0 Å². The summed E-state index contributed by atoms with van der Waals surface area (Å²) in [7, 11) is 1.62. The monoisotopic (exact) mass is 369 g/mol. The molecule has 3 rings (SSSR count). The molecule has 0 unspecified atom stereocenters. The number of methoxy groups -OCH3 is 1. The second-order valence-corrected chi connectivity index (χ2v) is 6.43. The van der Waals surface area contributed by atoms with Crippen LogP contribution in [0, 0.1) is 0 Å². The number of nitrogens with one attached hydrogen (secondary N) is 1. The quantitative estimate of drug-likeness (QED) is 0.607. The number of aromatic nitrogens is 2. The zero-order valence-electron chi connectivity index (χ0n) is 14.3. The summed E-state index contributed by atoms with van der Waals surface area (Å²) in [6, 6.07) is 17.1. The summed E-state index contributed by atoms with van der Waals surface area (Å²) in [5, 5.41) is 12.2. The summed E-state index contributed by atoms with van der Waals surface area (Å²) in [5.41, 5.74) is 0.931. The van der Waals surface area contributed by atoms with Gasteiger partial charge in [0.25, 0.3) is 0 Å². The van der Waals surface area contributed by atoms with Crippen molar-refractivity contribution in [1.82, 2.24) is 10.2 Å². The van der Waals surface area contributed by atoms with Crippen LogP contribution in [0.4, 0.5) is 5.13 Å². The van der Waals surface area contributed by atoms with Crippen LogP contribution in [0.1, 0.15) is 12.8 Å². The lowest BCUT2D eigenvalue weighted by molar-refractivity contribution is -0.116. The molecule has 0 saturated heterocycles. The third-order valence-corrected chi connectivity index (χ3v) is 4.46. The maximum atomic E-state index is 12.0. The van der Waals surface area contributed by atoms with Gasteiger partial charge in [-0.15, -0.1) is 10.2 Å². The van der Waals surface area contributed by atoms with Gasteiger partial charge in [0.15, 0.2) is 0 Å². The van der Waals surface area contributed by atoms with Gasteiger partial charge < -0.3 is 14.8 Å². The summed E-state index contributed by atoms with van der Waals surface area (Å²) in [5.74, 6) is 1.49. The Hall–Kier alpha value is -2.93. The fourth-order valence-electron chi connectivity index (χ4n) is 2.25. The van der Waals surface area contributed by atoms with Crippen molar-refractivity contribution in [1.29, 1.82) is 0 Å². The standard InChI is InChI=1S/C19H19N3O3S/c1-24-15-11-9-14(10-12-15)18-21-22-19(26-18)20-17(23)8-5-13-25-16-6-3-2-4-7-16/h2-4,6-7,9-12H,5,8,13H2,1H3,(H,20,22,23). The van der Waals surface area contributed by atoms with Crippen LogP contribution in [0.15, 0.2) is 54.6 Å². The zero-order valence-corrected chi connectivity index (χ0v) is 15.2. The highest BCUT2D eigenvalue weighted by Gasteiger charge is 2.10. The second-order valence-electron chi connectivity index (χ2n) is 5.45. The first-order valence-corrected chi connectivity index (χ1v) is 9.02. The van der Waals surface area contributed by atoms with Crippen molar-refractivity contribution in [2.45, 2.75) is 12.8 Å². The molecule has 1 aromatic heterocycles. The molecular weight excluding hydrogens is 350 g/mol. The molecule has 1 heterocycles. The number of amides is 1. The number of rotatable bonds is 8. The van der Waals surface area contributed by atoms with Crippen molar-refractivity contribution in [2.75, 3.05) is 19.0 Å². The Morgan fingerprint density at radius 3 is 2.54 bits per heavy atom. The van der Waals surface area contributed by atoms with Gasteiger partial charge in [0.1, 0.15) is 16.5 Å². The van der Waals surface area contributed by atoms with Crippen LogP contribution in [0.5, 0.6) is 11.5 Å². The smallest absolute Gasteiger partial charge is 0.226 e. The Morgan fingerprint density at radius 1 is 1.04 bits per heavy atom. The van der Waals surface area contributed by atoms with Crippen LogP contribution in [-0.4, -0.2) is 29.8 Å². The molecule has 0 aliphatic carbocycles. The Morgan fingerprint density at radius 2 is 1.81 bits per heavy atom. The Balaban J connectivity index is 1.45. The van der Waals surface area contributed by atoms with Gasteiger partial charge in [0, 0.05) is 12.0 Å². The van der Waals surface area contributed by atoms with Gasteiger partial charge in [-0.3, -0.25) is 4.79 Å². The third kappa shape index (κ3) is 5.03. The molecule has 26 heavy (non-hydrogen) atoms. The van der Waals surface area contributed by atoms with Gasteiger partial charge in [0.2, 0.25) is 11.0 Å². The Bertz CT molecular complexity index is 835. The molecular formula is C19H19N3O3S. The molecule has 7 heteroatoms. The molecule has 0 saturated carbocycles. The summed E-state index contributed by atoms with van der Waals surface area (Å²) in [6.45, 7) is 0.491. The van der Waals surface area contributed by atoms with Crippen molar-refractivity contribution in [2.24, 2.45) is 0 Å². The first kappa shape index (κ1) is 17.9. The highest BCUT2D eigenvalue weighted by molar-refractivity contribution is 7.18. The predicted octanol–water partition coefficient (Wildman–Crippen LogP) is 4.01. The van der Waals surface area contributed by atoms with Crippen LogP contribution in [-0.2, 0) is 4.79 Å². The molecule has 0 aliphatic rings. The zero-order chi connectivity index (χ0) is 18.2. The van der Waals surface area contributed by atoms with Crippen molar-refractivity contribution in [3.8, 4) is 22.1 Å². The van der Waals surface area contributed by atoms with Gasteiger partial charge in [-0.05, 0) is 42.8 Å². The number of benzene rings is 2. The molecule has 6 nitrogen and oxygen atoms in total. The van der Waals surface area contributed by atoms with Crippen molar-refractivity contribution >= 4 is 22.4 Å². The first-order valence-electron chi connectivity index (χ1n) is 8.20. The molecule has 0 fully saturated rings. The maximum absolute atomic E-state index is 12.0. The lowest BCUT2D eigenvalue weighted by Gasteiger charge is -2.05. The topological polar surface area (TPSA) is 73.3 Å². The normalized spacial score (nSPS) is 10.3. The van der Waals surface area contributed by atoms with E-state index in [-0.39, 0.29) is 5.91 Å². The maximum Gasteiger partial charge on any atom is 0.226 e. The summed E-state index contributed by atoms with van der Waals surface area (Å²) in [6.07, 6.45) is 0.995. The third-order valence-electron chi connectivity index (χ3n) is 3.57. The van der Waals surface area contributed by atoms with Gasteiger partial charge in [0.05, 0.1) is 13.7 Å². The first-order chi connectivity index (χ1) is 12.7. The summed E-state index contributed by atoms with van der Waals surface area (Å²) < 4.78 is 10.7. The molecule has 2 aromatic carbocycles. The molecule has 134 valence electrons. The molecule has 1 N–H and O–H groups in total. The number of carbonyl (C=O) groups is 1. The molecule has 0 spiro atoms. The largest absolute Gasteiger partial charge is 0.497 e. The molecule has 3 aromatic rings. The SMILES string of the molecule is COc1ccc(-c2nnc(NC(=O)CCCOc3ccccc3)s2)cc1. The summed E-state index contributed by atoms with van der Waals surface area (Å²) >= 11 is 1.34. The predicted molar refractivity (Wildman–Crippen MR) is 102 cm³/mol. The minimum atomic E-state index is -0.0981. The highest BCUT2D eigenvalue weighted by Crippen LogP contribution is 2.27. The van der Waals surface area contributed by atoms with E-state index >= 15 is 0 Å². The van der Waals surface area contributed by atoms with E-state index in [9.17, 15) is 4.79 Å². The van der Waals surface area contributed by atoms with E-state index in [1.165, 1.54) is 11.3 Å². The molecule has 0 aliphatic heterocycles. The van der Waals surface area contributed by atoms with E-state index in [0.717, 1.165) is 22.1 Å². The second kappa shape index (κ2) is 8.96. The van der Waals surface area contributed by atoms with Gasteiger partial charge in [-0.2, -0.15) is 0 Å². The number of hydrogen-bond donors (Lipinski definition) is 1. The van der Waals surface area contributed by atoms with Crippen molar-refractivity contribution in [3.63, 3.8) is 0 Å². The number of carbonyl (C=O) groups excluding carboxylic acids is 1. The minimum absolute atomic E-state index is 0.0981. The van der Waals surface area contributed by atoms with Crippen LogP contribution in [0.25, 0.3) is 10.6 Å². The number of hydrogen-bond acceptors (Lipinski definition) is 6. The molecule has 1 amide bonds. The fraction of sp³-hybridized carbons (Fsp3) is 0.211. The van der Waals surface area contributed by atoms with Gasteiger partial charge in [-0.1, -0.05) is 29.5 Å². The van der Waals surface area contributed by atoms with Crippen molar-refractivity contribution in [3.05, 3.63) is 54.6 Å². The van der Waals surface area contributed by atoms with E-state index in [2.05, 4.69) is 15.5 Å². The van der Waals surface area contributed by atoms with Crippen LogP contribution in [0.3, 0.4) is 0 Å². The van der Waals surface area contributed by atoms with E-state index in [1.807, 2.05) is 54.6 Å². The van der Waals surface area contributed by atoms with Gasteiger partial charge in [-0.25, -0.2) is 0 Å². The Kier molecular flexibility index (Phi) is 6.16. The number of para-hydroxylation sites is 1. The molecule has 0 bridgehead atoms. The average Bonchev–Trinajstić information content (AvgIpc) is 3.14. The fourth-order valence-corrected chi connectivity index (χ4v) is 3.01. The molecule has 0 radical (unpaired) electrons. The highest BCUT2D eigenvalue weighted by atomic mass is 32.1. The molecule has 0 atom stereocenters. The average molecular weight is 369 g/mol. The van der Waals surface area contributed by atoms with E-state index < -0.39 is 0 Å². The summed E-state index contributed by atoms with van der Waals surface area (Å²) in [4.78, 5) is 12.0. The number of nitrogens with zero attached hydrogens (tertiary/aromatic N) is 2. The van der Waals surface area contributed by atoms with E-state index in [4.69, 9.17) is 9.47 Å². The van der Waals surface area contributed by atoms with E-state index in [0.29, 0.717) is 24.6 Å². The number of anilines is 1. The van der Waals surface area contributed by atoms with Crippen LogP contribution >= 0.6 is 11.3 Å². The minimum Gasteiger partial charge on any atom is -0.497 e. The van der Waals surface area contributed by atoms with Crippen molar-refractivity contribution < 1.29 is 14.3 Å².